The number of halogens is 1. The highest BCUT2D eigenvalue weighted by atomic mass is 32.1. The molecule has 0 aliphatic rings. The van der Waals surface area contributed by atoms with Crippen LogP contribution in [0.2, 0.25) is 0 Å². The van der Waals surface area contributed by atoms with Crippen LogP contribution in [0.3, 0.4) is 0 Å². The van der Waals surface area contributed by atoms with E-state index in [1.165, 1.54) is 12.1 Å². The second-order valence-electron chi connectivity index (χ2n) is 3.78. The fourth-order valence-corrected chi connectivity index (χ4v) is 1.66. The number of rotatable bonds is 3. The zero-order valence-corrected chi connectivity index (χ0v) is 10.6. The van der Waals surface area contributed by atoms with Crippen LogP contribution in [0.25, 0.3) is 0 Å². The highest BCUT2D eigenvalue weighted by Gasteiger charge is 2.07. The molecule has 0 aliphatic heterocycles. The Morgan fingerprint density at radius 3 is 2.50 bits per heavy atom. The highest BCUT2D eigenvalue weighted by Crippen LogP contribution is 2.21. The Bertz CT molecular complexity index is 569. The van der Waals surface area contributed by atoms with E-state index in [1.807, 2.05) is 24.1 Å². The van der Waals surface area contributed by atoms with Crippen molar-refractivity contribution in [3.05, 3.63) is 54.0 Å². The van der Waals surface area contributed by atoms with Gasteiger partial charge < -0.3 is 10.6 Å². The summed E-state index contributed by atoms with van der Waals surface area (Å²) < 4.78 is 12.9. The summed E-state index contributed by atoms with van der Waals surface area (Å²) in [5, 5.41) is 0. The smallest absolute Gasteiger partial charge is 0.133 e. The van der Waals surface area contributed by atoms with E-state index in [0.29, 0.717) is 11.5 Å². The number of nitrogens with two attached hydrogens (primary N) is 1. The molecular formula is C13H12FN3S. The molecule has 0 aliphatic carbocycles. The van der Waals surface area contributed by atoms with Crippen molar-refractivity contribution in [3.8, 4) is 0 Å². The quantitative estimate of drug-likeness (QED) is 0.862. The third-order valence-corrected chi connectivity index (χ3v) is 2.75. The summed E-state index contributed by atoms with van der Waals surface area (Å²) in [4.78, 5) is 6.43. The Balaban J connectivity index is 2.33. The molecule has 0 amide bonds. The molecule has 0 atom stereocenters. The lowest BCUT2D eigenvalue weighted by Gasteiger charge is -2.18. The average molecular weight is 261 g/mol. The monoisotopic (exact) mass is 261 g/mol. The van der Waals surface area contributed by atoms with Crippen molar-refractivity contribution >= 4 is 28.7 Å². The van der Waals surface area contributed by atoms with Crippen LogP contribution in [0.1, 0.15) is 5.69 Å². The summed E-state index contributed by atoms with van der Waals surface area (Å²) in [5.41, 5.74) is 6.95. The number of hydrogen-bond acceptors (Lipinski definition) is 3. The third-order valence-electron chi connectivity index (χ3n) is 2.54. The first-order chi connectivity index (χ1) is 8.58. The van der Waals surface area contributed by atoms with E-state index < -0.39 is 0 Å². The lowest BCUT2D eigenvalue weighted by atomic mass is 10.2. The van der Waals surface area contributed by atoms with Gasteiger partial charge in [0.2, 0.25) is 0 Å². The minimum Gasteiger partial charge on any atom is -0.388 e. The molecule has 2 N–H and O–H groups in total. The minimum absolute atomic E-state index is 0.254. The van der Waals surface area contributed by atoms with E-state index in [2.05, 4.69) is 4.98 Å². The molecule has 5 heteroatoms. The van der Waals surface area contributed by atoms with Gasteiger partial charge in [0.15, 0.2) is 0 Å². The molecule has 1 aromatic carbocycles. The molecule has 0 spiro atoms. The van der Waals surface area contributed by atoms with Gasteiger partial charge in [0.1, 0.15) is 16.6 Å². The van der Waals surface area contributed by atoms with Crippen LogP contribution in [0.15, 0.2) is 42.5 Å². The highest BCUT2D eigenvalue weighted by molar-refractivity contribution is 7.80. The van der Waals surface area contributed by atoms with Crippen LogP contribution in [0.5, 0.6) is 0 Å². The number of benzene rings is 1. The van der Waals surface area contributed by atoms with Gasteiger partial charge in [-0.3, -0.25) is 0 Å². The molecule has 3 nitrogen and oxygen atoms in total. The van der Waals surface area contributed by atoms with Crippen molar-refractivity contribution in [1.29, 1.82) is 0 Å². The van der Waals surface area contributed by atoms with Gasteiger partial charge in [-0.2, -0.15) is 0 Å². The molecule has 92 valence electrons. The summed E-state index contributed by atoms with van der Waals surface area (Å²) in [6, 6.07) is 11.6. The first-order valence-corrected chi connectivity index (χ1v) is 5.75. The number of pyridine rings is 1. The Morgan fingerprint density at radius 2 is 1.89 bits per heavy atom. The van der Waals surface area contributed by atoms with Gasteiger partial charge in [-0.25, -0.2) is 9.37 Å². The van der Waals surface area contributed by atoms with E-state index in [9.17, 15) is 4.39 Å². The normalized spacial score (nSPS) is 10.1. The number of aromatic nitrogens is 1. The van der Waals surface area contributed by atoms with E-state index in [0.717, 1.165) is 5.69 Å². The molecule has 1 aromatic heterocycles. The zero-order chi connectivity index (χ0) is 13.1. The molecule has 18 heavy (non-hydrogen) atoms. The van der Waals surface area contributed by atoms with E-state index >= 15 is 0 Å². The number of nitrogens with zero attached hydrogens (tertiary/aromatic N) is 2. The predicted octanol–water partition coefficient (Wildman–Crippen LogP) is 2.62. The van der Waals surface area contributed by atoms with Gasteiger partial charge in [0, 0.05) is 12.7 Å². The van der Waals surface area contributed by atoms with Crippen LogP contribution >= 0.6 is 12.2 Å². The van der Waals surface area contributed by atoms with Crippen LogP contribution in [-0.4, -0.2) is 17.0 Å². The second-order valence-corrected chi connectivity index (χ2v) is 4.22. The van der Waals surface area contributed by atoms with Gasteiger partial charge in [-0.15, -0.1) is 0 Å². The molecule has 0 fully saturated rings. The van der Waals surface area contributed by atoms with E-state index in [1.54, 1.807) is 18.2 Å². The average Bonchev–Trinajstić information content (AvgIpc) is 2.39. The van der Waals surface area contributed by atoms with Gasteiger partial charge in [0.05, 0.1) is 5.69 Å². The van der Waals surface area contributed by atoms with E-state index in [4.69, 9.17) is 18.0 Å². The maximum Gasteiger partial charge on any atom is 0.133 e. The lowest BCUT2D eigenvalue weighted by Crippen LogP contribution is -2.16. The Labute approximate surface area is 110 Å². The standard InChI is InChI=1S/C13H12FN3S/c1-17(10-7-5-9(14)6-8-10)12-4-2-3-11(16-12)13(15)18/h2-8H,1H3,(H2,15,18). The van der Waals surface area contributed by atoms with Crippen LogP contribution in [-0.2, 0) is 0 Å². The molecule has 0 radical (unpaired) electrons. The molecule has 0 unspecified atom stereocenters. The zero-order valence-electron chi connectivity index (χ0n) is 9.80. The molecule has 1 heterocycles. The van der Waals surface area contributed by atoms with Crippen molar-refractivity contribution < 1.29 is 4.39 Å². The minimum atomic E-state index is -0.267. The molecule has 0 bridgehead atoms. The Morgan fingerprint density at radius 1 is 1.22 bits per heavy atom. The molecular weight excluding hydrogens is 249 g/mol. The van der Waals surface area contributed by atoms with Crippen molar-refractivity contribution in [2.75, 3.05) is 11.9 Å². The van der Waals surface area contributed by atoms with Gasteiger partial charge in [-0.1, -0.05) is 18.3 Å². The molecule has 0 saturated carbocycles. The third kappa shape index (κ3) is 2.62. The summed E-state index contributed by atoms with van der Waals surface area (Å²) in [7, 11) is 1.85. The topological polar surface area (TPSA) is 42.1 Å². The second kappa shape index (κ2) is 5.10. The molecule has 2 rings (SSSR count). The SMILES string of the molecule is CN(c1ccc(F)cc1)c1cccc(C(N)=S)n1. The van der Waals surface area contributed by atoms with Gasteiger partial charge >= 0.3 is 0 Å². The fraction of sp³-hybridized carbons (Fsp3) is 0.0769. The van der Waals surface area contributed by atoms with Crippen molar-refractivity contribution in [1.82, 2.24) is 4.98 Å². The van der Waals surface area contributed by atoms with Crippen molar-refractivity contribution in [2.24, 2.45) is 5.73 Å². The summed E-state index contributed by atoms with van der Waals surface area (Å²) in [6.45, 7) is 0. The van der Waals surface area contributed by atoms with Gasteiger partial charge in [-0.05, 0) is 36.4 Å². The maximum absolute atomic E-state index is 12.9. The van der Waals surface area contributed by atoms with E-state index in [-0.39, 0.29) is 10.8 Å². The molecule has 2 aromatic rings. The largest absolute Gasteiger partial charge is 0.388 e. The lowest BCUT2D eigenvalue weighted by molar-refractivity contribution is 0.628. The van der Waals surface area contributed by atoms with Crippen LogP contribution in [0.4, 0.5) is 15.9 Å². The number of anilines is 2. The number of thiocarbonyl (C=S) groups is 1. The summed E-state index contributed by atoms with van der Waals surface area (Å²) in [6.07, 6.45) is 0. The van der Waals surface area contributed by atoms with Crippen molar-refractivity contribution in [3.63, 3.8) is 0 Å². The maximum atomic E-state index is 12.9. The summed E-state index contributed by atoms with van der Waals surface area (Å²) in [5.74, 6) is 0.434. The predicted molar refractivity (Wildman–Crippen MR) is 74.6 cm³/mol. The van der Waals surface area contributed by atoms with Crippen molar-refractivity contribution in [2.45, 2.75) is 0 Å². The number of hydrogen-bond donors (Lipinski definition) is 1. The van der Waals surface area contributed by atoms with Crippen LogP contribution < -0.4 is 10.6 Å². The first-order valence-electron chi connectivity index (χ1n) is 5.34. The first kappa shape index (κ1) is 12.4. The fourth-order valence-electron chi connectivity index (χ4n) is 1.54. The Kier molecular flexibility index (Phi) is 3.53. The van der Waals surface area contributed by atoms with Gasteiger partial charge in [0.25, 0.3) is 0 Å². The molecule has 0 saturated heterocycles. The summed E-state index contributed by atoms with van der Waals surface area (Å²) >= 11 is 4.89. The van der Waals surface area contributed by atoms with Crippen LogP contribution in [0, 0.1) is 5.82 Å². The Hall–Kier alpha value is -2.01.